The third-order valence-corrected chi connectivity index (χ3v) is 6.24. The zero-order chi connectivity index (χ0) is 23.2. The molecule has 0 fully saturated rings. The number of hydrogen-bond acceptors (Lipinski definition) is 6. The van der Waals surface area contributed by atoms with E-state index < -0.39 is 15.7 Å². The largest absolute Gasteiger partial charge is 0.287 e. The molecule has 0 aliphatic heterocycles. The van der Waals surface area contributed by atoms with E-state index >= 15 is 0 Å². The van der Waals surface area contributed by atoms with Gasteiger partial charge in [-0.3, -0.25) is 9.78 Å². The van der Waals surface area contributed by atoms with Gasteiger partial charge >= 0.3 is 0 Å². The number of halogens is 1. The molecule has 0 saturated carbocycles. The lowest BCUT2D eigenvalue weighted by molar-refractivity contribution is 0.601. The molecule has 5 aromatic rings. The Hall–Kier alpha value is -4.18. The summed E-state index contributed by atoms with van der Waals surface area (Å²) < 4.78 is 41.0. The molecule has 164 valence electrons. The van der Waals surface area contributed by atoms with E-state index in [0.29, 0.717) is 22.5 Å². The Labute approximate surface area is 187 Å². The molecule has 33 heavy (non-hydrogen) atoms. The number of benzene rings is 2. The zero-order valence-corrected chi connectivity index (χ0v) is 18.1. The van der Waals surface area contributed by atoms with Gasteiger partial charge in [-0.1, -0.05) is 18.2 Å². The smallest absolute Gasteiger partial charge is 0.209 e. The number of fused-ring (bicyclic) bond motifs is 1. The topological polar surface area (TPSA) is 99.7 Å². The molecule has 3 heterocycles. The molecular formula is C23H16FN5O3S. The van der Waals surface area contributed by atoms with Crippen molar-refractivity contribution in [2.75, 3.05) is 6.26 Å². The van der Waals surface area contributed by atoms with Crippen molar-refractivity contribution < 1.29 is 12.8 Å². The first-order valence-corrected chi connectivity index (χ1v) is 11.7. The van der Waals surface area contributed by atoms with E-state index in [1.165, 1.54) is 52.2 Å². The average Bonchev–Trinajstić information content (AvgIpc) is 3.28. The first kappa shape index (κ1) is 20.7. The molecule has 0 bridgehead atoms. The summed E-state index contributed by atoms with van der Waals surface area (Å²) in [5.41, 5.74) is 1.34. The summed E-state index contributed by atoms with van der Waals surface area (Å²) in [6, 6.07) is 15.5. The first-order chi connectivity index (χ1) is 15.8. The maximum absolute atomic E-state index is 14.3. The van der Waals surface area contributed by atoms with Gasteiger partial charge in [-0.05, 0) is 36.4 Å². The van der Waals surface area contributed by atoms with Crippen LogP contribution in [0.5, 0.6) is 0 Å². The van der Waals surface area contributed by atoms with Crippen molar-refractivity contribution in [3.8, 4) is 22.8 Å². The van der Waals surface area contributed by atoms with Gasteiger partial charge in [0.15, 0.2) is 15.5 Å². The van der Waals surface area contributed by atoms with E-state index in [0.717, 1.165) is 6.26 Å². The highest BCUT2D eigenvalue weighted by atomic mass is 32.2. The summed E-state index contributed by atoms with van der Waals surface area (Å²) >= 11 is 0. The molecule has 0 N–H and O–H groups in total. The highest BCUT2D eigenvalue weighted by Crippen LogP contribution is 2.26. The molecule has 2 aromatic carbocycles. The summed E-state index contributed by atoms with van der Waals surface area (Å²) in [7, 11) is -3.42. The molecule has 0 amide bonds. The number of sulfone groups is 1. The van der Waals surface area contributed by atoms with Crippen molar-refractivity contribution >= 4 is 20.7 Å². The van der Waals surface area contributed by atoms with Gasteiger partial charge in [0.2, 0.25) is 5.43 Å². The molecule has 10 heteroatoms. The third kappa shape index (κ3) is 3.70. The molecule has 0 atom stereocenters. The van der Waals surface area contributed by atoms with E-state index in [4.69, 9.17) is 0 Å². The average molecular weight is 461 g/mol. The molecule has 0 radical (unpaired) electrons. The number of nitrogens with zero attached hydrogens (tertiary/aromatic N) is 5. The standard InChI is InChI=1S/C23H16FN5O3S/c1-33(31,32)16-5-2-4-15(14-16)28-13-10-21(30)23(27-28)20-9-12-26-29(20)19-8-11-25-22-17(19)6-3-7-18(22)24/h2-14H,1H3. The fourth-order valence-corrected chi connectivity index (χ4v) is 4.23. The summed E-state index contributed by atoms with van der Waals surface area (Å²) in [4.78, 5) is 17.0. The second-order valence-electron chi connectivity index (χ2n) is 7.34. The van der Waals surface area contributed by atoms with Gasteiger partial charge in [0.25, 0.3) is 0 Å². The van der Waals surface area contributed by atoms with Gasteiger partial charge in [-0.2, -0.15) is 10.2 Å². The Morgan fingerprint density at radius 2 is 1.79 bits per heavy atom. The van der Waals surface area contributed by atoms with Gasteiger partial charge in [-0.15, -0.1) is 0 Å². The highest BCUT2D eigenvalue weighted by molar-refractivity contribution is 7.90. The maximum atomic E-state index is 14.3. The van der Waals surface area contributed by atoms with Gasteiger partial charge < -0.3 is 0 Å². The number of para-hydroxylation sites is 1. The lowest BCUT2D eigenvalue weighted by atomic mass is 10.1. The highest BCUT2D eigenvalue weighted by Gasteiger charge is 2.17. The van der Waals surface area contributed by atoms with Gasteiger partial charge in [0.1, 0.15) is 11.3 Å². The normalized spacial score (nSPS) is 11.7. The Morgan fingerprint density at radius 3 is 2.61 bits per heavy atom. The predicted octanol–water partition coefficient (Wildman–Crippen LogP) is 3.18. The summed E-state index contributed by atoms with van der Waals surface area (Å²) in [5.74, 6) is -0.464. The van der Waals surface area contributed by atoms with Crippen LogP contribution in [0, 0.1) is 5.82 Å². The minimum Gasteiger partial charge on any atom is -0.287 e. The fourth-order valence-electron chi connectivity index (χ4n) is 3.57. The first-order valence-electron chi connectivity index (χ1n) is 9.81. The van der Waals surface area contributed by atoms with Crippen molar-refractivity contribution in [2.45, 2.75) is 4.90 Å². The summed E-state index contributed by atoms with van der Waals surface area (Å²) in [6.07, 6.45) is 5.57. The van der Waals surface area contributed by atoms with Crippen molar-refractivity contribution in [3.63, 3.8) is 0 Å². The van der Waals surface area contributed by atoms with Crippen molar-refractivity contribution in [2.24, 2.45) is 0 Å². The van der Waals surface area contributed by atoms with Crippen molar-refractivity contribution in [1.29, 1.82) is 0 Å². The van der Waals surface area contributed by atoms with Crippen LogP contribution >= 0.6 is 0 Å². The van der Waals surface area contributed by atoms with Crippen molar-refractivity contribution in [1.82, 2.24) is 24.5 Å². The number of pyridine rings is 1. The molecule has 0 spiro atoms. The van der Waals surface area contributed by atoms with Crippen LogP contribution < -0.4 is 5.43 Å². The fraction of sp³-hybridized carbons (Fsp3) is 0.0435. The Kier molecular flexibility index (Phi) is 4.86. The van der Waals surface area contributed by atoms with Crippen molar-refractivity contribution in [3.05, 3.63) is 95.3 Å². The monoisotopic (exact) mass is 461 g/mol. The van der Waals surface area contributed by atoms with Gasteiger partial charge in [-0.25, -0.2) is 22.2 Å². The maximum Gasteiger partial charge on any atom is 0.209 e. The minimum atomic E-state index is -3.42. The van der Waals surface area contributed by atoms with Gasteiger partial charge in [0, 0.05) is 30.1 Å². The van der Waals surface area contributed by atoms with Crippen LogP contribution in [0.1, 0.15) is 0 Å². The van der Waals surface area contributed by atoms with E-state index in [9.17, 15) is 17.6 Å². The van der Waals surface area contributed by atoms with E-state index in [-0.39, 0.29) is 21.5 Å². The molecule has 0 aliphatic carbocycles. The second kappa shape index (κ2) is 7.75. The number of rotatable bonds is 4. The van der Waals surface area contributed by atoms with Crippen LogP contribution in [0.4, 0.5) is 4.39 Å². The second-order valence-corrected chi connectivity index (χ2v) is 9.35. The van der Waals surface area contributed by atoms with Crippen LogP contribution in [-0.2, 0) is 9.84 Å². The molecular weight excluding hydrogens is 445 g/mol. The van der Waals surface area contributed by atoms with E-state index in [2.05, 4.69) is 15.2 Å². The number of hydrogen-bond donors (Lipinski definition) is 0. The predicted molar refractivity (Wildman–Crippen MR) is 121 cm³/mol. The third-order valence-electron chi connectivity index (χ3n) is 5.13. The Bertz CT molecular complexity index is 1690. The van der Waals surface area contributed by atoms with Crippen LogP contribution in [0.25, 0.3) is 33.7 Å². The van der Waals surface area contributed by atoms with E-state index in [1.807, 2.05) is 0 Å². The number of aromatic nitrogens is 5. The molecule has 8 nitrogen and oxygen atoms in total. The molecule has 5 rings (SSSR count). The summed E-state index contributed by atoms with van der Waals surface area (Å²) in [5, 5.41) is 9.31. The zero-order valence-electron chi connectivity index (χ0n) is 17.3. The van der Waals surface area contributed by atoms with E-state index in [1.54, 1.807) is 36.4 Å². The molecule has 0 aliphatic rings. The van der Waals surface area contributed by atoms with Gasteiger partial charge in [0.05, 0.1) is 28.2 Å². The minimum absolute atomic E-state index is 0.0983. The van der Waals surface area contributed by atoms with Crippen LogP contribution in [0.2, 0.25) is 0 Å². The Morgan fingerprint density at radius 1 is 0.970 bits per heavy atom. The van der Waals surface area contributed by atoms with Crippen LogP contribution in [0.3, 0.4) is 0 Å². The SMILES string of the molecule is CS(=O)(=O)c1cccc(-n2ccc(=O)c(-c3ccnn3-c3ccnc4c(F)cccc34)n2)c1. The molecule has 0 saturated heterocycles. The lowest BCUT2D eigenvalue weighted by Gasteiger charge is -2.12. The Balaban J connectivity index is 1.68. The molecule has 3 aromatic heterocycles. The molecule has 0 unspecified atom stereocenters. The summed E-state index contributed by atoms with van der Waals surface area (Å²) in [6.45, 7) is 0. The van der Waals surface area contributed by atoms with Crippen LogP contribution in [-0.4, -0.2) is 39.2 Å². The quantitative estimate of drug-likeness (QED) is 0.408. The van der Waals surface area contributed by atoms with Crippen LogP contribution in [0.15, 0.2) is 88.9 Å². The lowest BCUT2D eigenvalue weighted by Crippen LogP contribution is -2.15.